The molecule has 2 aromatic heterocycles. The second-order valence-corrected chi connectivity index (χ2v) is 6.43. The first-order chi connectivity index (χ1) is 11.1. The largest absolute Gasteiger partial charge is 0.340 e. The second-order valence-electron chi connectivity index (χ2n) is 5.99. The summed E-state index contributed by atoms with van der Waals surface area (Å²) in [6.07, 6.45) is 2.35. The molecule has 0 saturated heterocycles. The average Bonchev–Trinajstić information content (AvgIpc) is 3.12. The van der Waals surface area contributed by atoms with Gasteiger partial charge in [-0.1, -0.05) is 11.6 Å². The van der Waals surface area contributed by atoms with E-state index >= 15 is 0 Å². The highest BCUT2D eigenvalue weighted by Crippen LogP contribution is 2.39. The lowest BCUT2D eigenvalue weighted by Crippen LogP contribution is -2.27. The van der Waals surface area contributed by atoms with E-state index in [0.29, 0.717) is 23.2 Å². The van der Waals surface area contributed by atoms with Crippen molar-refractivity contribution in [2.24, 2.45) is 0 Å². The SMILES string of the molecule is CN(Cc1nc2ccc(Cl)cc2[nH]1)C(=O)c1cc(C2CC2)[nH]n1. The minimum Gasteiger partial charge on any atom is -0.340 e. The number of carbonyl (C=O) groups excluding carboxylic acids is 1. The summed E-state index contributed by atoms with van der Waals surface area (Å²) in [6, 6.07) is 7.33. The van der Waals surface area contributed by atoms with Crippen molar-refractivity contribution in [1.82, 2.24) is 25.1 Å². The predicted octanol–water partition coefficient (Wildman–Crippen LogP) is 3.09. The molecular formula is C16H16ClN5O. The van der Waals surface area contributed by atoms with Crippen LogP contribution in [0.3, 0.4) is 0 Å². The summed E-state index contributed by atoms with van der Waals surface area (Å²) >= 11 is 5.97. The molecule has 4 rings (SSSR count). The quantitative estimate of drug-likeness (QED) is 0.772. The summed E-state index contributed by atoms with van der Waals surface area (Å²) in [5.41, 5.74) is 3.21. The van der Waals surface area contributed by atoms with Crippen molar-refractivity contribution in [3.05, 3.63) is 46.5 Å². The molecule has 1 aromatic carbocycles. The van der Waals surface area contributed by atoms with Crippen LogP contribution in [0.15, 0.2) is 24.3 Å². The van der Waals surface area contributed by atoms with E-state index in [1.165, 1.54) is 12.8 Å². The van der Waals surface area contributed by atoms with Crippen molar-refractivity contribution in [3.63, 3.8) is 0 Å². The highest BCUT2D eigenvalue weighted by Gasteiger charge is 2.27. The normalized spacial score (nSPS) is 14.3. The van der Waals surface area contributed by atoms with Crippen LogP contribution >= 0.6 is 11.6 Å². The molecule has 0 radical (unpaired) electrons. The van der Waals surface area contributed by atoms with E-state index in [1.807, 2.05) is 18.2 Å². The maximum absolute atomic E-state index is 12.5. The molecule has 3 aromatic rings. The number of amides is 1. The molecule has 23 heavy (non-hydrogen) atoms. The highest BCUT2D eigenvalue weighted by atomic mass is 35.5. The van der Waals surface area contributed by atoms with Gasteiger partial charge in [-0.25, -0.2) is 4.98 Å². The maximum atomic E-state index is 12.5. The number of H-pyrrole nitrogens is 2. The molecule has 0 aliphatic heterocycles. The number of aromatic amines is 2. The second kappa shape index (κ2) is 5.38. The molecule has 1 saturated carbocycles. The van der Waals surface area contributed by atoms with E-state index < -0.39 is 0 Å². The monoisotopic (exact) mass is 329 g/mol. The van der Waals surface area contributed by atoms with Crippen molar-refractivity contribution >= 4 is 28.5 Å². The molecule has 7 heteroatoms. The predicted molar refractivity (Wildman–Crippen MR) is 87.5 cm³/mol. The van der Waals surface area contributed by atoms with Gasteiger partial charge in [0.05, 0.1) is 17.6 Å². The molecular weight excluding hydrogens is 314 g/mol. The summed E-state index contributed by atoms with van der Waals surface area (Å²) in [5.74, 6) is 1.15. The van der Waals surface area contributed by atoms with Crippen LogP contribution in [0.25, 0.3) is 11.0 Å². The van der Waals surface area contributed by atoms with E-state index in [2.05, 4.69) is 20.2 Å². The Hall–Kier alpha value is -2.34. The highest BCUT2D eigenvalue weighted by molar-refractivity contribution is 6.31. The van der Waals surface area contributed by atoms with E-state index in [1.54, 1.807) is 18.0 Å². The summed E-state index contributed by atoms with van der Waals surface area (Å²) in [5, 5.41) is 7.74. The van der Waals surface area contributed by atoms with Crippen LogP contribution in [-0.4, -0.2) is 38.0 Å². The number of nitrogens with one attached hydrogen (secondary N) is 2. The number of carbonyl (C=O) groups is 1. The molecule has 2 heterocycles. The number of halogens is 1. The van der Waals surface area contributed by atoms with Gasteiger partial charge in [0.25, 0.3) is 5.91 Å². The Balaban J connectivity index is 1.50. The van der Waals surface area contributed by atoms with Gasteiger partial charge in [0.1, 0.15) is 11.5 Å². The molecule has 1 aliphatic rings. The van der Waals surface area contributed by atoms with Crippen LogP contribution in [-0.2, 0) is 6.54 Å². The van der Waals surface area contributed by atoms with E-state index in [0.717, 1.165) is 22.6 Å². The fraction of sp³-hybridized carbons (Fsp3) is 0.312. The standard InChI is InChI=1S/C16H16ClN5O/c1-22(16(23)14-7-12(20-21-14)9-2-3-9)8-15-18-11-5-4-10(17)6-13(11)19-15/h4-7,9H,2-3,8H2,1H3,(H,18,19)(H,20,21). The van der Waals surface area contributed by atoms with Crippen molar-refractivity contribution in [3.8, 4) is 0 Å². The van der Waals surface area contributed by atoms with Gasteiger partial charge < -0.3 is 9.88 Å². The van der Waals surface area contributed by atoms with E-state index in [4.69, 9.17) is 11.6 Å². The van der Waals surface area contributed by atoms with Crippen molar-refractivity contribution in [2.75, 3.05) is 7.05 Å². The number of aromatic nitrogens is 4. The third kappa shape index (κ3) is 2.82. The van der Waals surface area contributed by atoms with Crippen LogP contribution in [0.5, 0.6) is 0 Å². The number of nitrogens with zero attached hydrogens (tertiary/aromatic N) is 3. The van der Waals surface area contributed by atoms with Crippen LogP contribution in [0.4, 0.5) is 0 Å². The van der Waals surface area contributed by atoms with Crippen LogP contribution < -0.4 is 0 Å². The molecule has 0 atom stereocenters. The molecule has 6 nitrogen and oxygen atoms in total. The third-order valence-corrected chi connectivity index (χ3v) is 4.30. The lowest BCUT2D eigenvalue weighted by atomic mass is 10.2. The molecule has 2 N–H and O–H groups in total. The molecule has 0 bridgehead atoms. The molecule has 0 spiro atoms. The summed E-state index contributed by atoms with van der Waals surface area (Å²) in [7, 11) is 1.74. The number of hydrogen-bond donors (Lipinski definition) is 2. The summed E-state index contributed by atoms with van der Waals surface area (Å²) < 4.78 is 0. The lowest BCUT2D eigenvalue weighted by Gasteiger charge is -2.13. The first kappa shape index (κ1) is 14.3. The number of fused-ring (bicyclic) bond motifs is 1. The molecule has 1 fully saturated rings. The van der Waals surface area contributed by atoms with Gasteiger partial charge in [-0.3, -0.25) is 9.89 Å². The van der Waals surface area contributed by atoms with Gasteiger partial charge >= 0.3 is 0 Å². The number of hydrogen-bond acceptors (Lipinski definition) is 3. The fourth-order valence-electron chi connectivity index (χ4n) is 2.65. The molecule has 118 valence electrons. The summed E-state index contributed by atoms with van der Waals surface area (Å²) in [6.45, 7) is 0.386. The minimum absolute atomic E-state index is 0.119. The average molecular weight is 330 g/mol. The van der Waals surface area contributed by atoms with Crippen molar-refractivity contribution < 1.29 is 4.79 Å². The van der Waals surface area contributed by atoms with Gasteiger partial charge in [0, 0.05) is 23.7 Å². The topological polar surface area (TPSA) is 77.7 Å². The first-order valence-electron chi connectivity index (χ1n) is 7.55. The van der Waals surface area contributed by atoms with E-state index in [9.17, 15) is 4.79 Å². The molecule has 1 aliphatic carbocycles. The smallest absolute Gasteiger partial charge is 0.274 e. The van der Waals surface area contributed by atoms with Crippen LogP contribution in [0.2, 0.25) is 5.02 Å². The van der Waals surface area contributed by atoms with Crippen molar-refractivity contribution in [1.29, 1.82) is 0 Å². The van der Waals surface area contributed by atoms with Gasteiger partial charge in [-0.15, -0.1) is 0 Å². The van der Waals surface area contributed by atoms with Gasteiger partial charge in [0.15, 0.2) is 0 Å². The van der Waals surface area contributed by atoms with Crippen LogP contribution in [0.1, 0.15) is 40.8 Å². The Morgan fingerprint density at radius 3 is 3.00 bits per heavy atom. The minimum atomic E-state index is -0.119. The van der Waals surface area contributed by atoms with Gasteiger partial charge in [-0.05, 0) is 37.1 Å². The number of benzene rings is 1. The number of imidazole rings is 1. The Morgan fingerprint density at radius 2 is 2.22 bits per heavy atom. The first-order valence-corrected chi connectivity index (χ1v) is 7.93. The van der Waals surface area contributed by atoms with Crippen molar-refractivity contribution in [2.45, 2.75) is 25.3 Å². The Labute approximate surface area is 137 Å². The Bertz CT molecular complexity index is 880. The zero-order valence-corrected chi connectivity index (χ0v) is 13.4. The maximum Gasteiger partial charge on any atom is 0.274 e. The Kier molecular flexibility index (Phi) is 3.34. The van der Waals surface area contributed by atoms with E-state index in [-0.39, 0.29) is 5.91 Å². The number of rotatable bonds is 4. The zero-order valence-electron chi connectivity index (χ0n) is 12.6. The fourth-order valence-corrected chi connectivity index (χ4v) is 2.82. The Morgan fingerprint density at radius 1 is 1.39 bits per heavy atom. The zero-order chi connectivity index (χ0) is 16.0. The molecule has 0 unspecified atom stereocenters. The van der Waals surface area contributed by atoms with Crippen LogP contribution in [0, 0.1) is 0 Å². The summed E-state index contributed by atoms with van der Waals surface area (Å²) in [4.78, 5) is 21.7. The third-order valence-electron chi connectivity index (χ3n) is 4.06. The molecule has 1 amide bonds. The van der Waals surface area contributed by atoms with Gasteiger partial charge in [0.2, 0.25) is 0 Å². The lowest BCUT2D eigenvalue weighted by molar-refractivity contribution is 0.0776. The van der Waals surface area contributed by atoms with Gasteiger partial charge in [-0.2, -0.15) is 5.10 Å².